The zero-order chi connectivity index (χ0) is 8.20. The van der Waals surface area contributed by atoms with Gasteiger partial charge in [0.2, 0.25) is 0 Å². The van der Waals surface area contributed by atoms with Crippen LogP contribution in [0.2, 0.25) is 0 Å². The SMILES string of the molecule is C[C@@H](CO)NC[B-](F)(F)F.[K+]. The van der Waals surface area contributed by atoms with Crippen LogP contribution in [0.3, 0.4) is 0 Å². The molecular formula is C4H10BF3KNO. The molecule has 0 saturated carbocycles. The van der Waals surface area contributed by atoms with Crippen LogP contribution in [0.15, 0.2) is 0 Å². The van der Waals surface area contributed by atoms with Gasteiger partial charge in [0, 0.05) is 6.04 Å². The number of aliphatic hydroxyl groups excluding tert-OH is 1. The van der Waals surface area contributed by atoms with E-state index in [9.17, 15) is 12.9 Å². The largest absolute Gasteiger partial charge is 1.00 e. The van der Waals surface area contributed by atoms with Gasteiger partial charge in [-0.15, -0.1) is 0 Å². The van der Waals surface area contributed by atoms with Crippen molar-refractivity contribution in [2.45, 2.75) is 13.0 Å². The first-order chi connectivity index (χ1) is 4.45. The van der Waals surface area contributed by atoms with Gasteiger partial charge in [-0.05, 0) is 13.4 Å². The number of hydrogen-bond donors (Lipinski definition) is 2. The summed E-state index contributed by atoms with van der Waals surface area (Å²) in [5.74, 6) is 0. The molecule has 2 nitrogen and oxygen atoms in total. The molecular weight excluding hydrogens is 185 g/mol. The van der Waals surface area contributed by atoms with Gasteiger partial charge in [-0.25, -0.2) is 0 Å². The number of halogens is 3. The van der Waals surface area contributed by atoms with Gasteiger partial charge in [-0.2, -0.15) is 0 Å². The summed E-state index contributed by atoms with van der Waals surface area (Å²) in [6, 6.07) is -0.483. The fraction of sp³-hybridized carbons (Fsp3) is 1.00. The van der Waals surface area contributed by atoms with Crippen LogP contribution in [-0.4, -0.2) is 31.2 Å². The van der Waals surface area contributed by atoms with Gasteiger partial charge in [0.1, 0.15) is 0 Å². The molecule has 2 N–H and O–H groups in total. The zero-order valence-corrected chi connectivity index (χ0v) is 9.77. The normalized spacial score (nSPS) is 13.9. The van der Waals surface area contributed by atoms with Crippen molar-refractivity contribution < 1.29 is 69.4 Å². The predicted molar refractivity (Wildman–Crippen MR) is 33.6 cm³/mol. The summed E-state index contributed by atoms with van der Waals surface area (Å²) < 4.78 is 34.4. The van der Waals surface area contributed by atoms with Crippen molar-refractivity contribution in [1.82, 2.24) is 5.32 Å². The van der Waals surface area contributed by atoms with Crippen molar-refractivity contribution in [3.8, 4) is 0 Å². The third kappa shape index (κ3) is 11.4. The first kappa shape index (κ1) is 14.9. The van der Waals surface area contributed by atoms with Crippen LogP contribution in [0.25, 0.3) is 0 Å². The Morgan fingerprint density at radius 1 is 1.45 bits per heavy atom. The van der Waals surface area contributed by atoms with E-state index in [2.05, 4.69) is 5.32 Å². The fourth-order valence-corrected chi connectivity index (χ4v) is 0.399. The topological polar surface area (TPSA) is 32.3 Å². The van der Waals surface area contributed by atoms with Crippen LogP contribution in [0.5, 0.6) is 0 Å². The average molecular weight is 195 g/mol. The number of rotatable bonds is 4. The van der Waals surface area contributed by atoms with E-state index in [0.717, 1.165) is 0 Å². The van der Waals surface area contributed by atoms with Crippen LogP contribution in [0.4, 0.5) is 12.9 Å². The molecule has 1 atom stereocenters. The van der Waals surface area contributed by atoms with Gasteiger partial charge in [0.05, 0.1) is 6.61 Å². The predicted octanol–water partition coefficient (Wildman–Crippen LogP) is -2.65. The molecule has 0 rings (SSSR count). The minimum Gasteiger partial charge on any atom is -0.448 e. The third-order valence-corrected chi connectivity index (χ3v) is 0.972. The maximum atomic E-state index is 11.5. The van der Waals surface area contributed by atoms with E-state index in [0.29, 0.717) is 0 Å². The van der Waals surface area contributed by atoms with E-state index < -0.39 is 19.5 Å². The molecule has 0 radical (unpaired) electrons. The molecule has 0 amide bonds. The first-order valence-electron chi connectivity index (χ1n) is 3.01. The van der Waals surface area contributed by atoms with E-state index in [4.69, 9.17) is 5.11 Å². The van der Waals surface area contributed by atoms with Crippen LogP contribution < -0.4 is 56.7 Å². The summed E-state index contributed by atoms with van der Waals surface area (Å²) in [6.45, 7) is -3.55. The van der Waals surface area contributed by atoms with Crippen molar-refractivity contribution in [1.29, 1.82) is 0 Å². The molecule has 0 aliphatic rings. The third-order valence-electron chi connectivity index (χ3n) is 0.972. The molecule has 0 heterocycles. The van der Waals surface area contributed by atoms with Crippen LogP contribution in [0.1, 0.15) is 6.92 Å². The molecule has 0 aliphatic carbocycles. The van der Waals surface area contributed by atoms with Crippen molar-refractivity contribution >= 4 is 6.98 Å². The molecule has 11 heavy (non-hydrogen) atoms. The van der Waals surface area contributed by atoms with Gasteiger partial charge < -0.3 is 23.4 Å². The van der Waals surface area contributed by atoms with Crippen molar-refractivity contribution in [3.63, 3.8) is 0 Å². The van der Waals surface area contributed by atoms with E-state index >= 15 is 0 Å². The minimum atomic E-state index is -4.76. The van der Waals surface area contributed by atoms with Gasteiger partial charge >= 0.3 is 58.4 Å². The van der Waals surface area contributed by atoms with Gasteiger partial charge in [-0.1, -0.05) is 0 Å². The summed E-state index contributed by atoms with van der Waals surface area (Å²) in [5.41, 5.74) is 0. The molecule has 0 bridgehead atoms. The van der Waals surface area contributed by atoms with Crippen LogP contribution in [-0.2, 0) is 0 Å². The number of hydrogen-bond acceptors (Lipinski definition) is 2. The maximum absolute atomic E-state index is 11.5. The Kier molecular flexibility index (Phi) is 9.32. The molecule has 7 heteroatoms. The standard InChI is InChI=1S/C4H10BF3NO.K/c1-4(2-10)9-3-5(6,7)8;/h4,9-10H,2-3H2,1H3;/q-1;+1/t4-;/m0./s1. The van der Waals surface area contributed by atoms with Crippen LogP contribution >= 0.6 is 0 Å². The van der Waals surface area contributed by atoms with Gasteiger partial charge in [0.15, 0.2) is 0 Å². The monoisotopic (exact) mass is 195 g/mol. The maximum Gasteiger partial charge on any atom is 1.00 e. The quantitative estimate of drug-likeness (QED) is 0.480. The molecule has 0 fully saturated rings. The smallest absolute Gasteiger partial charge is 0.448 e. The summed E-state index contributed by atoms with van der Waals surface area (Å²) in [5, 5.41) is 10.4. The summed E-state index contributed by atoms with van der Waals surface area (Å²) in [6.07, 6.45) is -0.984. The molecule has 0 aromatic heterocycles. The Morgan fingerprint density at radius 2 is 1.91 bits per heavy atom. The Labute approximate surface area is 106 Å². The van der Waals surface area contributed by atoms with Gasteiger partial charge in [0.25, 0.3) is 0 Å². The fourth-order valence-electron chi connectivity index (χ4n) is 0.399. The molecule has 0 saturated heterocycles. The Bertz CT molecular complexity index is 102. The molecule has 0 aromatic rings. The second-order valence-electron chi connectivity index (χ2n) is 2.20. The van der Waals surface area contributed by atoms with Crippen LogP contribution in [0, 0.1) is 0 Å². The van der Waals surface area contributed by atoms with E-state index in [1.165, 1.54) is 6.92 Å². The Hall–Kier alpha value is 1.41. The minimum absolute atomic E-state index is 0. The first-order valence-corrected chi connectivity index (χ1v) is 3.01. The van der Waals surface area contributed by atoms with E-state index in [1.807, 2.05) is 0 Å². The molecule has 62 valence electrons. The second kappa shape index (κ2) is 6.88. The molecule has 0 unspecified atom stereocenters. The van der Waals surface area contributed by atoms with Crippen molar-refractivity contribution in [3.05, 3.63) is 0 Å². The van der Waals surface area contributed by atoms with Crippen molar-refractivity contribution in [2.75, 3.05) is 13.1 Å². The zero-order valence-electron chi connectivity index (χ0n) is 6.65. The Morgan fingerprint density at radius 3 is 2.18 bits per heavy atom. The summed E-state index contributed by atoms with van der Waals surface area (Å²) in [4.78, 5) is 0. The molecule has 0 aromatic carbocycles. The van der Waals surface area contributed by atoms with E-state index in [1.54, 1.807) is 0 Å². The number of aliphatic hydroxyl groups is 1. The van der Waals surface area contributed by atoms with Crippen molar-refractivity contribution in [2.24, 2.45) is 0 Å². The second-order valence-corrected chi connectivity index (χ2v) is 2.20. The summed E-state index contributed by atoms with van der Waals surface area (Å²) in [7, 11) is 0. The molecule has 0 spiro atoms. The van der Waals surface area contributed by atoms with E-state index in [-0.39, 0.29) is 58.0 Å². The Balaban J connectivity index is 0. The van der Waals surface area contributed by atoms with Gasteiger partial charge in [-0.3, -0.25) is 0 Å². The number of nitrogens with one attached hydrogen (secondary N) is 1. The summed E-state index contributed by atoms with van der Waals surface area (Å²) >= 11 is 0. The average Bonchev–Trinajstić information content (AvgIpc) is 1.81. The molecule has 0 aliphatic heterocycles.